The molecule has 1 heterocycles. The van der Waals surface area contributed by atoms with Crippen LogP contribution in [0.1, 0.15) is 54.8 Å². The van der Waals surface area contributed by atoms with Crippen LogP contribution in [0.5, 0.6) is 0 Å². The number of hydrogen-bond donors (Lipinski definition) is 1. The number of fused-ring (bicyclic) bond motifs is 1. The highest BCUT2D eigenvalue weighted by atomic mass is 32.1. The van der Waals surface area contributed by atoms with Crippen molar-refractivity contribution in [3.05, 3.63) is 40.4 Å². The number of benzene rings is 1. The minimum absolute atomic E-state index is 0.123. The second-order valence-electron chi connectivity index (χ2n) is 6.25. The van der Waals surface area contributed by atoms with Gasteiger partial charge >= 0.3 is 6.03 Å². The van der Waals surface area contributed by atoms with E-state index < -0.39 is 0 Å². The molecule has 122 valence electrons. The Kier molecular flexibility index (Phi) is 4.61. The maximum absolute atomic E-state index is 12.6. The third kappa shape index (κ3) is 3.37. The molecule has 1 aromatic heterocycles. The van der Waals surface area contributed by atoms with Crippen molar-refractivity contribution in [1.82, 2.24) is 15.1 Å². The summed E-state index contributed by atoms with van der Waals surface area (Å²) in [6, 6.07) is 8.39. The van der Waals surface area contributed by atoms with E-state index in [-0.39, 0.29) is 12.1 Å². The summed E-state index contributed by atoms with van der Waals surface area (Å²) in [5, 5.41) is 12.5. The first-order valence-corrected chi connectivity index (χ1v) is 8.83. The summed E-state index contributed by atoms with van der Waals surface area (Å²) in [5.74, 6) is 0.320. The molecule has 0 radical (unpaired) electrons. The van der Waals surface area contributed by atoms with Crippen molar-refractivity contribution in [2.24, 2.45) is 0 Å². The first-order chi connectivity index (χ1) is 11.1. The number of anilines is 1. The molecule has 2 aromatic rings. The van der Waals surface area contributed by atoms with Gasteiger partial charge in [0.1, 0.15) is 5.01 Å². The lowest BCUT2D eigenvalue weighted by Crippen LogP contribution is -2.36. The molecular weight excluding hydrogens is 308 g/mol. The molecule has 1 unspecified atom stereocenters. The van der Waals surface area contributed by atoms with Crippen LogP contribution >= 0.6 is 11.3 Å². The minimum Gasteiger partial charge on any atom is -0.320 e. The standard InChI is InChI=1S/C17H22N4OS/c1-11(2)15-19-20-16(23-15)18-17(22)21(3)14-10-6-8-12-7-4-5-9-13(12)14/h4-5,7,9,11,14H,6,8,10H2,1-3H3,(H,18,20,22). The number of hydrogen-bond acceptors (Lipinski definition) is 4. The number of aromatic nitrogens is 2. The van der Waals surface area contributed by atoms with Gasteiger partial charge in [0.15, 0.2) is 0 Å². The number of nitrogens with zero attached hydrogens (tertiary/aromatic N) is 3. The van der Waals surface area contributed by atoms with Gasteiger partial charge in [0.05, 0.1) is 6.04 Å². The fourth-order valence-corrected chi connectivity index (χ4v) is 3.71. The Balaban J connectivity index is 1.72. The van der Waals surface area contributed by atoms with Crippen LogP contribution in [0.25, 0.3) is 0 Å². The first kappa shape index (κ1) is 15.9. The van der Waals surface area contributed by atoms with Gasteiger partial charge in [0.25, 0.3) is 0 Å². The summed E-state index contributed by atoms with van der Waals surface area (Å²) in [5.41, 5.74) is 2.61. The Bertz CT molecular complexity index is 697. The van der Waals surface area contributed by atoms with E-state index in [2.05, 4.69) is 47.6 Å². The lowest BCUT2D eigenvalue weighted by atomic mass is 9.87. The number of amides is 2. The fourth-order valence-electron chi connectivity index (χ4n) is 2.97. The molecule has 0 fully saturated rings. The summed E-state index contributed by atoms with van der Waals surface area (Å²) in [4.78, 5) is 14.3. The topological polar surface area (TPSA) is 58.1 Å². The second-order valence-corrected chi connectivity index (χ2v) is 7.26. The van der Waals surface area contributed by atoms with E-state index in [1.165, 1.54) is 22.5 Å². The molecular formula is C17H22N4OS. The average molecular weight is 330 g/mol. The zero-order valence-electron chi connectivity index (χ0n) is 13.7. The number of carbonyl (C=O) groups is 1. The predicted molar refractivity (Wildman–Crippen MR) is 92.9 cm³/mol. The van der Waals surface area contributed by atoms with Gasteiger partial charge in [-0.15, -0.1) is 10.2 Å². The number of carbonyl (C=O) groups excluding carboxylic acids is 1. The van der Waals surface area contributed by atoms with Crippen LogP contribution in [0.4, 0.5) is 9.93 Å². The average Bonchev–Trinajstić information content (AvgIpc) is 3.02. The largest absolute Gasteiger partial charge is 0.323 e. The molecule has 0 saturated carbocycles. The van der Waals surface area contributed by atoms with Crippen LogP contribution in [-0.2, 0) is 6.42 Å². The molecule has 0 bridgehead atoms. The molecule has 2 amide bonds. The summed E-state index contributed by atoms with van der Waals surface area (Å²) in [6.45, 7) is 4.13. The van der Waals surface area contributed by atoms with Crippen LogP contribution in [-0.4, -0.2) is 28.2 Å². The van der Waals surface area contributed by atoms with Gasteiger partial charge in [-0.1, -0.05) is 49.4 Å². The lowest BCUT2D eigenvalue weighted by molar-refractivity contribution is 0.197. The molecule has 5 nitrogen and oxygen atoms in total. The third-order valence-corrected chi connectivity index (χ3v) is 5.41. The maximum Gasteiger partial charge on any atom is 0.323 e. The van der Waals surface area contributed by atoms with Gasteiger partial charge in [-0.2, -0.15) is 0 Å². The van der Waals surface area contributed by atoms with Crippen molar-refractivity contribution in [3.8, 4) is 0 Å². The number of aryl methyl sites for hydroxylation is 1. The highest BCUT2D eigenvalue weighted by Gasteiger charge is 2.27. The second kappa shape index (κ2) is 6.66. The molecule has 6 heteroatoms. The van der Waals surface area contributed by atoms with Crippen molar-refractivity contribution in [2.75, 3.05) is 12.4 Å². The van der Waals surface area contributed by atoms with E-state index >= 15 is 0 Å². The van der Waals surface area contributed by atoms with E-state index in [1.807, 2.05) is 13.1 Å². The molecule has 1 N–H and O–H groups in total. The highest BCUT2D eigenvalue weighted by Crippen LogP contribution is 2.33. The molecule has 0 spiro atoms. The highest BCUT2D eigenvalue weighted by molar-refractivity contribution is 7.15. The first-order valence-electron chi connectivity index (χ1n) is 8.01. The lowest BCUT2D eigenvalue weighted by Gasteiger charge is -2.33. The van der Waals surface area contributed by atoms with E-state index in [1.54, 1.807) is 4.90 Å². The smallest absolute Gasteiger partial charge is 0.320 e. The molecule has 1 atom stereocenters. The van der Waals surface area contributed by atoms with Crippen molar-refractivity contribution in [1.29, 1.82) is 0 Å². The Morgan fingerprint density at radius 1 is 1.35 bits per heavy atom. The van der Waals surface area contributed by atoms with Crippen LogP contribution in [0.2, 0.25) is 0 Å². The van der Waals surface area contributed by atoms with Crippen LogP contribution in [0.3, 0.4) is 0 Å². The summed E-state index contributed by atoms with van der Waals surface area (Å²) in [7, 11) is 1.85. The van der Waals surface area contributed by atoms with E-state index in [0.29, 0.717) is 11.0 Å². The van der Waals surface area contributed by atoms with Gasteiger partial charge in [-0.05, 0) is 30.4 Å². The van der Waals surface area contributed by atoms with Crippen LogP contribution < -0.4 is 5.32 Å². The molecule has 0 saturated heterocycles. The van der Waals surface area contributed by atoms with Gasteiger partial charge in [0.2, 0.25) is 5.13 Å². The monoisotopic (exact) mass is 330 g/mol. The summed E-state index contributed by atoms with van der Waals surface area (Å²) in [6.07, 6.45) is 3.19. The van der Waals surface area contributed by atoms with Crippen molar-refractivity contribution in [2.45, 2.75) is 45.1 Å². The molecule has 23 heavy (non-hydrogen) atoms. The number of nitrogens with one attached hydrogen (secondary N) is 1. The summed E-state index contributed by atoms with van der Waals surface area (Å²) < 4.78 is 0. The molecule has 1 aromatic carbocycles. The van der Waals surface area contributed by atoms with E-state index in [9.17, 15) is 4.79 Å². The quantitative estimate of drug-likeness (QED) is 0.917. The van der Waals surface area contributed by atoms with Crippen LogP contribution in [0, 0.1) is 0 Å². The SMILES string of the molecule is CC(C)c1nnc(NC(=O)N(C)C2CCCc3ccccc32)s1. The van der Waals surface area contributed by atoms with E-state index in [4.69, 9.17) is 0 Å². The molecule has 1 aliphatic rings. The van der Waals surface area contributed by atoms with Crippen molar-refractivity contribution >= 4 is 22.5 Å². The maximum atomic E-state index is 12.6. The minimum atomic E-state index is -0.127. The van der Waals surface area contributed by atoms with Gasteiger partial charge < -0.3 is 4.90 Å². The Morgan fingerprint density at radius 2 is 2.13 bits per heavy atom. The molecule has 3 rings (SSSR count). The normalized spacial score (nSPS) is 17.0. The van der Waals surface area contributed by atoms with E-state index in [0.717, 1.165) is 24.3 Å². The Labute approximate surface area is 140 Å². The predicted octanol–water partition coefficient (Wildman–Crippen LogP) is 4.20. The number of rotatable bonds is 3. The van der Waals surface area contributed by atoms with Gasteiger partial charge in [0, 0.05) is 13.0 Å². The Morgan fingerprint density at radius 3 is 2.87 bits per heavy atom. The van der Waals surface area contributed by atoms with Gasteiger partial charge in [-0.25, -0.2) is 4.79 Å². The number of urea groups is 1. The van der Waals surface area contributed by atoms with Crippen molar-refractivity contribution in [3.63, 3.8) is 0 Å². The zero-order chi connectivity index (χ0) is 16.4. The fraction of sp³-hybridized carbons (Fsp3) is 0.471. The molecule has 0 aliphatic heterocycles. The zero-order valence-corrected chi connectivity index (χ0v) is 14.6. The Hall–Kier alpha value is -1.95. The molecule has 1 aliphatic carbocycles. The van der Waals surface area contributed by atoms with Crippen molar-refractivity contribution < 1.29 is 4.79 Å². The summed E-state index contributed by atoms with van der Waals surface area (Å²) >= 11 is 1.44. The van der Waals surface area contributed by atoms with Crippen LogP contribution in [0.15, 0.2) is 24.3 Å². The van der Waals surface area contributed by atoms with Gasteiger partial charge in [-0.3, -0.25) is 5.32 Å². The third-order valence-electron chi connectivity index (χ3n) is 4.27.